The molecular weight excluding hydrogens is 187 g/mol. The second-order valence-electron chi connectivity index (χ2n) is 1.85. The quantitative estimate of drug-likeness (QED) is 0.630. The summed E-state index contributed by atoms with van der Waals surface area (Å²) in [6.07, 6.45) is 0.843. The second-order valence-corrected chi connectivity index (χ2v) is 1.85. The van der Waals surface area contributed by atoms with Crippen LogP contribution in [-0.4, -0.2) is 10.2 Å². The van der Waals surface area contributed by atoms with Crippen molar-refractivity contribution in [3.8, 4) is 0 Å². The molecule has 0 fully saturated rings. The first-order chi connectivity index (χ1) is 4.25. The highest BCUT2D eigenvalue weighted by atomic mass is 35.5. The van der Waals surface area contributed by atoms with E-state index < -0.39 is 0 Å². The van der Waals surface area contributed by atoms with Crippen LogP contribution in [0.4, 0.5) is 11.5 Å². The number of H-pyrrole nitrogens is 1. The maximum Gasteiger partial charge on any atom is 0.168 e. The lowest BCUT2D eigenvalue weighted by atomic mass is 10.3. The Kier molecular flexibility index (Phi) is 6.03. The molecule has 0 aromatic carbocycles. The Bertz CT molecular complexity index is 210. The summed E-state index contributed by atoms with van der Waals surface area (Å²) in [5, 5.41) is 6.44. The Morgan fingerprint density at radius 3 is 2.09 bits per heavy atom. The van der Waals surface area contributed by atoms with Crippen LogP contribution in [0.3, 0.4) is 0 Å². The predicted octanol–water partition coefficient (Wildman–Crippen LogP) is 0.980. The van der Waals surface area contributed by atoms with Gasteiger partial charge in [-0.25, -0.2) is 0 Å². The minimum absolute atomic E-state index is 0. The van der Waals surface area contributed by atoms with E-state index in [-0.39, 0.29) is 24.8 Å². The van der Waals surface area contributed by atoms with Gasteiger partial charge >= 0.3 is 0 Å². The molecule has 1 aromatic rings. The van der Waals surface area contributed by atoms with Crippen molar-refractivity contribution in [1.29, 1.82) is 0 Å². The molecule has 4 nitrogen and oxygen atoms in total. The van der Waals surface area contributed by atoms with Crippen LogP contribution >= 0.6 is 24.8 Å². The van der Waals surface area contributed by atoms with Crippen LogP contribution < -0.4 is 11.5 Å². The van der Waals surface area contributed by atoms with Gasteiger partial charge in [-0.3, -0.25) is 5.10 Å². The van der Waals surface area contributed by atoms with E-state index in [1.165, 1.54) is 0 Å². The lowest BCUT2D eigenvalue weighted by Gasteiger charge is -1.89. The predicted molar refractivity (Wildman–Crippen MR) is 51.3 cm³/mol. The average Bonchev–Trinajstić information content (AvgIpc) is 2.15. The second kappa shape index (κ2) is 5.09. The molecule has 1 rings (SSSR count). The summed E-state index contributed by atoms with van der Waals surface area (Å²) in [6, 6.07) is 0. The van der Waals surface area contributed by atoms with E-state index in [9.17, 15) is 0 Å². The van der Waals surface area contributed by atoms with Gasteiger partial charge < -0.3 is 11.5 Å². The van der Waals surface area contributed by atoms with Crippen LogP contribution in [0.25, 0.3) is 0 Å². The number of anilines is 2. The number of nitrogens with zero attached hydrogens (tertiary/aromatic N) is 1. The topological polar surface area (TPSA) is 80.7 Å². The monoisotopic (exact) mass is 198 g/mol. The van der Waals surface area contributed by atoms with E-state index in [4.69, 9.17) is 11.5 Å². The minimum atomic E-state index is 0. The van der Waals surface area contributed by atoms with Gasteiger partial charge in [-0.2, -0.15) is 5.10 Å². The fraction of sp³-hybridized carbons (Fsp3) is 0.400. The van der Waals surface area contributed by atoms with Gasteiger partial charge in [0.1, 0.15) is 0 Å². The zero-order chi connectivity index (χ0) is 6.85. The van der Waals surface area contributed by atoms with Crippen molar-refractivity contribution in [1.82, 2.24) is 10.2 Å². The molecule has 6 heteroatoms. The van der Waals surface area contributed by atoms with Gasteiger partial charge in [-0.05, 0) is 6.42 Å². The summed E-state index contributed by atoms with van der Waals surface area (Å²) in [5.41, 5.74) is 12.3. The van der Waals surface area contributed by atoms with Crippen molar-refractivity contribution < 1.29 is 0 Å². The molecule has 0 spiro atoms. The van der Waals surface area contributed by atoms with Crippen molar-refractivity contribution in [2.75, 3.05) is 11.5 Å². The molecular formula is C5H12Cl2N4. The summed E-state index contributed by atoms with van der Waals surface area (Å²) in [7, 11) is 0. The molecule has 66 valence electrons. The third-order valence-electron chi connectivity index (χ3n) is 1.27. The minimum Gasteiger partial charge on any atom is -0.394 e. The van der Waals surface area contributed by atoms with Crippen molar-refractivity contribution in [2.24, 2.45) is 0 Å². The summed E-state index contributed by atoms with van der Waals surface area (Å²) in [4.78, 5) is 0. The van der Waals surface area contributed by atoms with Gasteiger partial charge in [0, 0.05) is 0 Å². The van der Waals surface area contributed by atoms with Gasteiger partial charge in [-0.15, -0.1) is 24.8 Å². The molecule has 1 aromatic heterocycles. The van der Waals surface area contributed by atoms with Crippen LogP contribution in [0.1, 0.15) is 12.6 Å². The first-order valence-electron chi connectivity index (χ1n) is 2.84. The number of aromatic amines is 1. The number of hydrogen-bond acceptors (Lipinski definition) is 3. The number of aryl methyl sites for hydroxylation is 1. The fourth-order valence-electron chi connectivity index (χ4n) is 0.672. The molecule has 0 aliphatic heterocycles. The van der Waals surface area contributed by atoms with Gasteiger partial charge in [0.2, 0.25) is 0 Å². The van der Waals surface area contributed by atoms with Crippen molar-refractivity contribution in [3.05, 3.63) is 5.69 Å². The molecule has 0 aliphatic carbocycles. The number of rotatable bonds is 1. The highest BCUT2D eigenvalue weighted by molar-refractivity contribution is 5.85. The van der Waals surface area contributed by atoms with Crippen molar-refractivity contribution in [2.45, 2.75) is 13.3 Å². The zero-order valence-electron chi connectivity index (χ0n) is 6.13. The summed E-state index contributed by atoms with van der Waals surface area (Å²) in [5.74, 6) is 0.395. The number of hydrogen-bond donors (Lipinski definition) is 3. The Morgan fingerprint density at radius 2 is 1.91 bits per heavy atom. The molecule has 0 aliphatic rings. The van der Waals surface area contributed by atoms with Crippen LogP contribution in [0, 0.1) is 0 Å². The molecule has 0 unspecified atom stereocenters. The number of halogens is 2. The van der Waals surface area contributed by atoms with Gasteiger partial charge in [0.25, 0.3) is 0 Å². The summed E-state index contributed by atoms with van der Waals surface area (Å²) < 4.78 is 0. The molecule has 0 saturated heterocycles. The van der Waals surface area contributed by atoms with Crippen LogP contribution in [0.2, 0.25) is 0 Å². The van der Waals surface area contributed by atoms with E-state index >= 15 is 0 Å². The highest BCUT2D eigenvalue weighted by Crippen LogP contribution is 2.14. The third kappa shape index (κ3) is 2.48. The van der Waals surface area contributed by atoms with Gasteiger partial charge in [-0.1, -0.05) is 6.92 Å². The van der Waals surface area contributed by atoms with E-state index in [0.29, 0.717) is 11.5 Å². The van der Waals surface area contributed by atoms with E-state index in [1.807, 2.05) is 6.92 Å². The molecule has 0 atom stereocenters. The lowest BCUT2D eigenvalue weighted by Crippen LogP contribution is -1.93. The normalized spacial score (nSPS) is 8.09. The number of nitrogens with two attached hydrogens (primary N) is 2. The Balaban J connectivity index is 0. The number of aromatic nitrogens is 2. The van der Waals surface area contributed by atoms with Gasteiger partial charge in [0.15, 0.2) is 5.82 Å². The first kappa shape index (κ1) is 13.0. The SMILES string of the molecule is CCc1[nH]nc(N)c1N.Cl.Cl. The van der Waals surface area contributed by atoms with Crippen LogP contribution in [-0.2, 0) is 6.42 Å². The summed E-state index contributed by atoms with van der Waals surface area (Å²) >= 11 is 0. The molecule has 0 saturated carbocycles. The standard InChI is InChI=1S/C5H10N4.2ClH/c1-2-3-4(6)5(7)9-8-3;;/h2,6H2,1H3,(H3,7,8,9);2*1H. The van der Waals surface area contributed by atoms with Gasteiger partial charge in [0.05, 0.1) is 11.4 Å². The molecule has 0 amide bonds. The van der Waals surface area contributed by atoms with Crippen molar-refractivity contribution in [3.63, 3.8) is 0 Å². The zero-order valence-corrected chi connectivity index (χ0v) is 7.76. The van der Waals surface area contributed by atoms with Crippen LogP contribution in [0.5, 0.6) is 0 Å². The molecule has 0 bridgehead atoms. The molecule has 0 radical (unpaired) electrons. The lowest BCUT2D eigenvalue weighted by molar-refractivity contribution is 0.979. The average molecular weight is 199 g/mol. The van der Waals surface area contributed by atoms with E-state index in [2.05, 4.69) is 10.2 Å². The Morgan fingerprint density at radius 1 is 1.36 bits per heavy atom. The number of nitrogen functional groups attached to an aromatic ring is 2. The molecule has 11 heavy (non-hydrogen) atoms. The molecule has 1 heterocycles. The Labute approximate surface area is 77.5 Å². The fourth-order valence-corrected chi connectivity index (χ4v) is 0.672. The highest BCUT2D eigenvalue weighted by Gasteiger charge is 2.02. The first-order valence-corrected chi connectivity index (χ1v) is 2.84. The largest absolute Gasteiger partial charge is 0.394 e. The Hall–Kier alpha value is -0.610. The van der Waals surface area contributed by atoms with Crippen LogP contribution in [0.15, 0.2) is 0 Å². The summed E-state index contributed by atoms with van der Waals surface area (Å²) in [6.45, 7) is 1.99. The molecule has 5 N–H and O–H groups in total. The van der Waals surface area contributed by atoms with Crippen molar-refractivity contribution >= 4 is 36.3 Å². The van der Waals surface area contributed by atoms with E-state index in [1.54, 1.807) is 0 Å². The maximum atomic E-state index is 5.49. The smallest absolute Gasteiger partial charge is 0.168 e. The maximum absolute atomic E-state index is 5.49. The van der Waals surface area contributed by atoms with E-state index in [0.717, 1.165) is 12.1 Å². The third-order valence-corrected chi connectivity index (χ3v) is 1.27. The number of nitrogens with one attached hydrogen (secondary N) is 1.